The number of likely N-dealkylation sites (N-methyl/N-ethyl adjacent to an activating group) is 1. The van der Waals surface area contributed by atoms with Crippen molar-refractivity contribution in [2.45, 2.75) is 26.8 Å². The Balaban J connectivity index is 1.92. The Labute approximate surface area is 145 Å². The van der Waals surface area contributed by atoms with E-state index < -0.39 is 0 Å². The molecule has 0 spiro atoms. The van der Waals surface area contributed by atoms with E-state index in [0.717, 1.165) is 42.6 Å². The van der Waals surface area contributed by atoms with E-state index in [2.05, 4.69) is 60.6 Å². The zero-order valence-electron chi connectivity index (χ0n) is 15.3. The maximum Gasteiger partial charge on any atom is 0.256 e. The Morgan fingerprint density at radius 1 is 1.17 bits per heavy atom. The maximum absolute atomic E-state index is 13.2. The Hall–Kier alpha value is -1.81. The van der Waals surface area contributed by atoms with Crippen LogP contribution >= 0.6 is 0 Å². The lowest BCUT2D eigenvalue weighted by atomic mass is 9.91. The first-order chi connectivity index (χ1) is 11.5. The molecule has 1 amide bonds. The van der Waals surface area contributed by atoms with Crippen LogP contribution in [0.2, 0.25) is 0 Å². The minimum Gasteiger partial charge on any atom is -0.345 e. The van der Waals surface area contributed by atoms with Gasteiger partial charge in [-0.15, -0.1) is 0 Å². The predicted molar refractivity (Wildman–Crippen MR) is 99.3 cm³/mol. The molecule has 0 N–H and O–H groups in total. The third kappa shape index (κ3) is 3.48. The topological polar surface area (TPSA) is 28.5 Å². The summed E-state index contributed by atoms with van der Waals surface area (Å²) in [6, 6.07) is 8.26. The van der Waals surface area contributed by atoms with E-state index in [4.69, 9.17) is 0 Å². The smallest absolute Gasteiger partial charge is 0.256 e. The Bertz CT molecular complexity index is 709. The lowest BCUT2D eigenvalue weighted by molar-refractivity contribution is 0.0625. The molecule has 0 saturated carbocycles. The largest absolute Gasteiger partial charge is 0.345 e. The molecule has 1 aromatic carbocycles. The van der Waals surface area contributed by atoms with Gasteiger partial charge in [0.15, 0.2) is 0 Å². The molecule has 1 saturated heterocycles. The summed E-state index contributed by atoms with van der Waals surface area (Å²) in [5, 5.41) is 1.08. The number of amides is 1. The Morgan fingerprint density at radius 2 is 1.83 bits per heavy atom. The number of aromatic nitrogens is 1. The lowest BCUT2D eigenvalue weighted by Gasteiger charge is -2.35. The van der Waals surface area contributed by atoms with Crippen molar-refractivity contribution in [1.82, 2.24) is 14.4 Å². The van der Waals surface area contributed by atoms with Gasteiger partial charge in [0.25, 0.3) is 5.91 Å². The molecule has 0 radical (unpaired) electrons. The number of piperidine rings is 1. The molecule has 0 unspecified atom stereocenters. The standard InChI is InChI=1S/C20H29N3O/c1-15-11-16(2)13-23(12-15)20(24)18-14-22(10-9-21(3)4)19-8-6-5-7-17(18)19/h5-8,14-16H,9-13H2,1-4H3/t15-,16-/m1/s1. The van der Waals surface area contributed by atoms with Gasteiger partial charge in [-0.25, -0.2) is 0 Å². The normalized spacial score (nSPS) is 21.6. The first kappa shape index (κ1) is 17.0. The molecule has 2 atom stereocenters. The number of hydrogen-bond acceptors (Lipinski definition) is 2. The second-order valence-corrected chi connectivity index (χ2v) is 7.71. The predicted octanol–water partition coefficient (Wildman–Crippen LogP) is 3.32. The quantitative estimate of drug-likeness (QED) is 0.862. The first-order valence-corrected chi connectivity index (χ1v) is 8.97. The molecular formula is C20H29N3O. The van der Waals surface area contributed by atoms with Crippen LogP contribution in [0.25, 0.3) is 10.9 Å². The highest BCUT2D eigenvalue weighted by Gasteiger charge is 2.27. The van der Waals surface area contributed by atoms with E-state index in [0.29, 0.717) is 11.8 Å². The number of likely N-dealkylation sites (tertiary alicyclic amines) is 1. The number of carbonyl (C=O) groups is 1. The molecule has 24 heavy (non-hydrogen) atoms. The summed E-state index contributed by atoms with van der Waals surface area (Å²) in [5.74, 6) is 1.35. The van der Waals surface area contributed by atoms with Crippen molar-refractivity contribution in [2.75, 3.05) is 33.7 Å². The minimum atomic E-state index is 0.188. The van der Waals surface area contributed by atoms with E-state index in [9.17, 15) is 4.79 Å². The molecule has 1 aliphatic heterocycles. The van der Waals surface area contributed by atoms with Gasteiger partial charge in [-0.3, -0.25) is 4.79 Å². The van der Waals surface area contributed by atoms with Gasteiger partial charge in [0.05, 0.1) is 5.56 Å². The minimum absolute atomic E-state index is 0.188. The van der Waals surface area contributed by atoms with Crippen LogP contribution in [0.1, 0.15) is 30.6 Å². The summed E-state index contributed by atoms with van der Waals surface area (Å²) in [4.78, 5) is 17.4. The van der Waals surface area contributed by atoms with Gasteiger partial charge in [-0.1, -0.05) is 32.0 Å². The fourth-order valence-electron chi connectivity index (χ4n) is 3.91. The van der Waals surface area contributed by atoms with E-state index in [-0.39, 0.29) is 5.91 Å². The van der Waals surface area contributed by atoms with Gasteiger partial charge in [0, 0.05) is 43.3 Å². The molecule has 2 heterocycles. The van der Waals surface area contributed by atoms with E-state index >= 15 is 0 Å². The zero-order chi connectivity index (χ0) is 17.3. The molecule has 0 aliphatic carbocycles. The van der Waals surface area contributed by atoms with Gasteiger partial charge >= 0.3 is 0 Å². The van der Waals surface area contributed by atoms with E-state index in [1.54, 1.807) is 0 Å². The van der Waals surface area contributed by atoms with Crippen molar-refractivity contribution in [2.24, 2.45) is 11.8 Å². The first-order valence-electron chi connectivity index (χ1n) is 8.97. The summed E-state index contributed by atoms with van der Waals surface area (Å²) in [7, 11) is 4.16. The van der Waals surface area contributed by atoms with Gasteiger partial charge in [0.2, 0.25) is 0 Å². The fraction of sp³-hybridized carbons (Fsp3) is 0.550. The molecule has 0 bridgehead atoms. The number of benzene rings is 1. The molecule has 130 valence electrons. The third-order valence-corrected chi connectivity index (χ3v) is 4.96. The van der Waals surface area contributed by atoms with Crippen LogP contribution in [0, 0.1) is 11.8 Å². The summed E-state index contributed by atoms with van der Waals surface area (Å²) < 4.78 is 2.22. The van der Waals surface area contributed by atoms with Gasteiger partial charge in [-0.05, 0) is 38.4 Å². The van der Waals surface area contributed by atoms with Crippen LogP contribution in [0.15, 0.2) is 30.5 Å². The summed E-state index contributed by atoms with van der Waals surface area (Å²) >= 11 is 0. The number of fused-ring (bicyclic) bond motifs is 1. The zero-order valence-corrected chi connectivity index (χ0v) is 15.3. The molecule has 3 rings (SSSR count). The van der Waals surface area contributed by atoms with E-state index in [1.807, 2.05) is 12.1 Å². The van der Waals surface area contributed by atoms with Crippen molar-refractivity contribution in [1.29, 1.82) is 0 Å². The van der Waals surface area contributed by atoms with Crippen molar-refractivity contribution >= 4 is 16.8 Å². The van der Waals surface area contributed by atoms with Gasteiger partial charge in [0.1, 0.15) is 0 Å². The molecule has 2 aromatic rings. The highest BCUT2D eigenvalue weighted by atomic mass is 16.2. The van der Waals surface area contributed by atoms with Crippen LogP contribution in [0.3, 0.4) is 0 Å². The molecule has 4 nitrogen and oxygen atoms in total. The van der Waals surface area contributed by atoms with Crippen LogP contribution in [0.4, 0.5) is 0 Å². The van der Waals surface area contributed by atoms with Gasteiger partial charge in [-0.2, -0.15) is 0 Å². The van der Waals surface area contributed by atoms with Crippen LogP contribution in [0.5, 0.6) is 0 Å². The SMILES string of the molecule is C[C@@H]1C[C@@H](C)CN(C(=O)c2cn(CCN(C)C)c3ccccc23)C1. The monoisotopic (exact) mass is 327 g/mol. The summed E-state index contributed by atoms with van der Waals surface area (Å²) in [5.41, 5.74) is 2.01. The highest BCUT2D eigenvalue weighted by molar-refractivity contribution is 6.07. The van der Waals surface area contributed by atoms with Crippen molar-refractivity contribution in [3.8, 4) is 0 Å². The molecule has 1 aromatic heterocycles. The molecule has 1 fully saturated rings. The molecule has 1 aliphatic rings. The molecular weight excluding hydrogens is 298 g/mol. The van der Waals surface area contributed by atoms with Crippen molar-refractivity contribution in [3.05, 3.63) is 36.0 Å². The number of nitrogens with zero attached hydrogens (tertiary/aromatic N) is 3. The summed E-state index contributed by atoms with van der Waals surface area (Å²) in [6.07, 6.45) is 3.27. The number of carbonyl (C=O) groups excluding carboxylic acids is 1. The lowest BCUT2D eigenvalue weighted by Crippen LogP contribution is -2.42. The van der Waals surface area contributed by atoms with Crippen LogP contribution in [-0.2, 0) is 6.54 Å². The maximum atomic E-state index is 13.2. The number of rotatable bonds is 4. The third-order valence-electron chi connectivity index (χ3n) is 4.96. The average molecular weight is 327 g/mol. The van der Waals surface area contributed by atoms with Gasteiger partial charge < -0.3 is 14.4 Å². The summed E-state index contributed by atoms with van der Waals surface area (Å²) in [6.45, 7) is 8.10. The van der Waals surface area contributed by atoms with E-state index in [1.165, 1.54) is 6.42 Å². The second kappa shape index (κ2) is 6.98. The fourth-order valence-corrected chi connectivity index (χ4v) is 3.91. The Morgan fingerprint density at radius 3 is 2.50 bits per heavy atom. The Kier molecular flexibility index (Phi) is 4.95. The van der Waals surface area contributed by atoms with Crippen LogP contribution < -0.4 is 0 Å². The highest BCUT2D eigenvalue weighted by Crippen LogP contribution is 2.26. The second-order valence-electron chi connectivity index (χ2n) is 7.71. The van der Waals surface area contributed by atoms with Crippen molar-refractivity contribution in [3.63, 3.8) is 0 Å². The van der Waals surface area contributed by atoms with Crippen LogP contribution in [-0.4, -0.2) is 54.0 Å². The average Bonchev–Trinajstić information content (AvgIpc) is 2.90. The van der Waals surface area contributed by atoms with Crippen molar-refractivity contribution < 1.29 is 4.79 Å². The molecule has 4 heteroatoms. The number of para-hydroxylation sites is 1. The number of hydrogen-bond donors (Lipinski definition) is 0.